The quantitative estimate of drug-likeness (QED) is 0.0931. The van der Waals surface area contributed by atoms with E-state index in [0.717, 1.165) is 49.6 Å². The van der Waals surface area contributed by atoms with E-state index >= 15 is 0 Å². The van der Waals surface area contributed by atoms with Crippen LogP contribution in [0.25, 0.3) is 43.6 Å². The standard InChI is InChI=1S/C41H26NO3.C5H8O2.Pt/c1-4-16-33-28(10-1)13-7-19-38(33)43-31-22-23-36(41(27-31)45-40-21-9-15-30-12-3-6-18-35(30)40)37-26-32(24-25-42-37)44-39-20-8-14-29-11-2-5-17-34(29)39;1-4(6)3-5(2)7;/h1-22,24-27H;3,6H,1-2H3;/q-1;;/b;4-3-;. The Kier molecular flexibility index (Phi) is 11.6. The maximum absolute atomic E-state index is 10.0. The first-order valence-corrected chi connectivity index (χ1v) is 16.8. The Bertz CT molecular complexity index is 2560. The number of aliphatic hydroxyl groups is 1. The first-order chi connectivity index (χ1) is 25.4. The zero-order chi connectivity index (χ0) is 35.9. The van der Waals surface area contributed by atoms with Gasteiger partial charge < -0.3 is 24.3 Å². The van der Waals surface area contributed by atoms with Gasteiger partial charge in [-0.2, -0.15) is 0 Å². The van der Waals surface area contributed by atoms with Gasteiger partial charge in [0.2, 0.25) is 0 Å². The van der Waals surface area contributed by atoms with Crippen LogP contribution in [0.2, 0.25) is 0 Å². The van der Waals surface area contributed by atoms with Crippen LogP contribution in [0.5, 0.6) is 34.5 Å². The number of ether oxygens (including phenoxy) is 3. The fraction of sp³-hybridized carbons (Fsp3) is 0.0435. The maximum Gasteiger partial charge on any atom is 0.155 e. The smallest absolute Gasteiger partial charge is 0.155 e. The van der Waals surface area contributed by atoms with Crippen LogP contribution in [-0.2, 0) is 25.9 Å². The van der Waals surface area contributed by atoms with Crippen molar-refractivity contribution in [3.8, 4) is 45.8 Å². The molecule has 0 aliphatic heterocycles. The Labute approximate surface area is 322 Å². The average Bonchev–Trinajstić information content (AvgIpc) is 3.15. The van der Waals surface area contributed by atoms with Gasteiger partial charge in [-0.1, -0.05) is 121 Å². The van der Waals surface area contributed by atoms with Gasteiger partial charge in [-0.05, 0) is 66.0 Å². The Morgan fingerprint density at radius 2 is 1.06 bits per heavy atom. The molecule has 1 N–H and O–H groups in total. The summed E-state index contributed by atoms with van der Waals surface area (Å²) in [4.78, 5) is 14.7. The summed E-state index contributed by atoms with van der Waals surface area (Å²) in [6, 6.07) is 53.5. The minimum absolute atomic E-state index is 0. The second-order valence-electron chi connectivity index (χ2n) is 12.1. The molecule has 264 valence electrons. The van der Waals surface area contributed by atoms with Crippen LogP contribution in [0.15, 0.2) is 170 Å². The summed E-state index contributed by atoms with van der Waals surface area (Å²) in [5.41, 5.74) is 1.36. The summed E-state index contributed by atoms with van der Waals surface area (Å²) in [5, 5.41) is 14.8. The van der Waals surface area contributed by atoms with Gasteiger partial charge in [0.1, 0.15) is 23.0 Å². The monoisotopic (exact) mass is 875 g/mol. The minimum Gasteiger partial charge on any atom is -0.512 e. The molecule has 0 bridgehead atoms. The van der Waals surface area contributed by atoms with Crippen LogP contribution in [0.3, 0.4) is 0 Å². The molecule has 0 unspecified atom stereocenters. The fourth-order valence-corrected chi connectivity index (χ4v) is 5.93. The third kappa shape index (κ3) is 8.81. The summed E-state index contributed by atoms with van der Waals surface area (Å²) in [7, 11) is 0. The minimum atomic E-state index is -0.125. The number of ketones is 1. The number of pyridine rings is 1. The van der Waals surface area contributed by atoms with Crippen LogP contribution in [0.4, 0.5) is 0 Å². The van der Waals surface area contributed by atoms with Gasteiger partial charge in [0.05, 0.1) is 5.76 Å². The number of aliphatic hydroxyl groups excluding tert-OH is 1. The van der Waals surface area contributed by atoms with E-state index in [2.05, 4.69) is 60.7 Å². The molecule has 8 rings (SSSR count). The normalized spacial score (nSPS) is 10.9. The van der Waals surface area contributed by atoms with Crippen LogP contribution in [0, 0.1) is 6.07 Å². The third-order valence-corrected chi connectivity index (χ3v) is 8.20. The fourth-order valence-electron chi connectivity index (χ4n) is 5.93. The van der Waals surface area contributed by atoms with Gasteiger partial charge in [0.25, 0.3) is 0 Å². The molecule has 7 aromatic carbocycles. The number of fused-ring (bicyclic) bond motifs is 3. The number of aromatic nitrogens is 1. The zero-order valence-corrected chi connectivity index (χ0v) is 31.2. The van der Waals surface area contributed by atoms with Crippen molar-refractivity contribution in [2.45, 2.75) is 13.8 Å². The van der Waals surface area contributed by atoms with Crippen molar-refractivity contribution in [1.29, 1.82) is 0 Å². The number of hydrogen-bond acceptors (Lipinski definition) is 6. The van der Waals surface area contributed by atoms with E-state index in [0.29, 0.717) is 28.5 Å². The van der Waals surface area contributed by atoms with Crippen molar-refractivity contribution in [3.05, 3.63) is 176 Å². The van der Waals surface area contributed by atoms with E-state index < -0.39 is 0 Å². The number of benzene rings is 7. The predicted octanol–water partition coefficient (Wildman–Crippen LogP) is 12.4. The van der Waals surface area contributed by atoms with Gasteiger partial charge in [-0.15, -0.1) is 12.1 Å². The molecule has 0 atom stereocenters. The Morgan fingerprint density at radius 1 is 0.585 bits per heavy atom. The van der Waals surface area contributed by atoms with Crippen LogP contribution in [-0.4, -0.2) is 15.9 Å². The number of nitrogens with zero attached hydrogens (tertiary/aromatic N) is 1. The molecular formula is C46H34NO5Pt-. The molecule has 0 saturated heterocycles. The summed E-state index contributed by atoms with van der Waals surface area (Å²) >= 11 is 0. The van der Waals surface area contributed by atoms with Gasteiger partial charge in [0.15, 0.2) is 5.78 Å². The zero-order valence-electron chi connectivity index (χ0n) is 28.9. The van der Waals surface area contributed by atoms with Crippen molar-refractivity contribution in [1.82, 2.24) is 4.98 Å². The number of allylic oxidation sites excluding steroid dienone is 2. The number of rotatable bonds is 8. The molecule has 0 spiro atoms. The van der Waals surface area contributed by atoms with Crippen LogP contribution >= 0.6 is 0 Å². The molecule has 0 saturated carbocycles. The summed E-state index contributed by atoms with van der Waals surface area (Å²) < 4.78 is 19.5. The van der Waals surface area contributed by atoms with Crippen molar-refractivity contribution in [2.24, 2.45) is 0 Å². The van der Waals surface area contributed by atoms with Crippen LogP contribution < -0.4 is 14.2 Å². The van der Waals surface area contributed by atoms with Gasteiger partial charge in [0, 0.05) is 61.0 Å². The largest absolute Gasteiger partial charge is 0.512 e. The van der Waals surface area contributed by atoms with Crippen molar-refractivity contribution >= 4 is 38.1 Å². The Hall–Kier alpha value is -6.23. The molecule has 0 aliphatic rings. The molecule has 0 aliphatic carbocycles. The Morgan fingerprint density at radius 3 is 1.55 bits per heavy atom. The Balaban J connectivity index is 0.000000549. The van der Waals surface area contributed by atoms with Gasteiger partial charge in [-0.3, -0.25) is 4.79 Å². The SMILES string of the molecule is CC(=O)/C=C(/C)O.[Pt].[c-]1cc(Oc2cccc3ccccc23)cc(Oc2cccc3ccccc23)c1-c1cc(Oc2cccc3ccccc23)ccn1. The van der Waals surface area contributed by atoms with Gasteiger partial charge in [-0.25, -0.2) is 0 Å². The number of carbonyl (C=O) groups excluding carboxylic acids is 1. The topological polar surface area (TPSA) is 77.9 Å². The molecule has 7 heteroatoms. The van der Waals surface area contributed by atoms with Crippen molar-refractivity contribution in [3.63, 3.8) is 0 Å². The molecule has 1 heterocycles. The number of carbonyl (C=O) groups is 1. The average molecular weight is 876 g/mol. The number of hydrogen-bond donors (Lipinski definition) is 1. The molecular weight excluding hydrogens is 842 g/mol. The first kappa shape index (κ1) is 36.6. The molecule has 0 amide bonds. The summed E-state index contributed by atoms with van der Waals surface area (Å²) in [6.45, 7) is 2.85. The second kappa shape index (κ2) is 16.9. The summed E-state index contributed by atoms with van der Waals surface area (Å²) in [5.74, 6) is 4.04. The van der Waals surface area contributed by atoms with E-state index in [9.17, 15) is 4.79 Å². The first-order valence-electron chi connectivity index (χ1n) is 16.8. The van der Waals surface area contributed by atoms with Crippen molar-refractivity contribution < 1.29 is 45.2 Å². The van der Waals surface area contributed by atoms with E-state index in [1.807, 2.05) is 97.1 Å². The second-order valence-corrected chi connectivity index (χ2v) is 12.1. The predicted molar refractivity (Wildman–Crippen MR) is 208 cm³/mol. The van der Waals surface area contributed by atoms with E-state index in [1.54, 1.807) is 6.20 Å². The van der Waals surface area contributed by atoms with Gasteiger partial charge >= 0.3 is 0 Å². The maximum atomic E-state index is 10.0. The summed E-state index contributed by atoms with van der Waals surface area (Å²) in [6.07, 6.45) is 2.91. The molecule has 8 aromatic rings. The third-order valence-electron chi connectivity index (χ3n) is 8.20. The molecule has 0 radical (unpaired) electrons. The molecule has 6 nitrogen and oxygen atoms in total. The van der Waals surface area contributed by atoms with Crippen LogP contribution in [0.1, 0.15) is 13.8 Å². The van der Waals surface area contributed by atoms with E-state index in [4.69, 9.17) is 24.3 Å². The molecule has 53 heavy (non-hydrogen) atoms. The van der Waals surface area contributed by atoms with E-state index in [1.165, 1.54) is 19.9 Å². The van der Waals surface area contributed by atoms with Crippen molar-refractivity contribution in [2.75, 3.05) is 0 Å². The molecule has 0 fully saturated rings. The molecule has 1 aromatic heterocycles. The van der Waals surface area contributed by atoms with E-state index in [-0.39, 0.29) is 32.6 Å².